The number of aromatic nitrogens is 2. The summed E-state index contributed by atoms with van der Waals surface area (Å²) < 4.78 is 20.1. The predicted octanol–water partition coefficient (Wildman–Crippen LogP) is 2.22. The van der Waals surface area contributed by atoms with Crippen molar-refractivity contribution in [2.45, 2.75) is 6.04 Å². The summed E-state index contributed by atoms with van der Waals surface area (Å²) in [7, 11) is 0. The fourth-order valence-electron chi connectivity index (χ4n) is 2.59. The third kappa shape index (κ3) is 3.42. The minimum absolute atomic E-state index is 0.00889. The second kappa shape index (κ2) is 7.14. The van der Waals surface area contributed by atoms with Crippen molar-refractivity contribution in [3.05, 3.63) is 21.6 Å². The van der Waals surface area contributed by atoms with Crippen molar-refractivity contribution in [3.8, 4) is 11.6 Å². The van der Waals surface area contributed by atoms with Gasteiger partial charge in [0.2, 0.25) is 5.88 Å². The molecule has 0 spiro atoms. The SMILES string of the molecule is O=C(O)N1CCN[C@H](COc2c(F)c(Br)c(Cl)c3ncnc(O)c23)C1. The van der Waals surface area contributed by atoms with Gasteiger partial charge in [-0.3, -0.25) is 0 Å². The van der Waals surface area contributed by atoms with Crippen LogP contribution in [0.25, 0.3) is 10.9 Å². The van der Waals surface area contributed by atoms with E-state index >= 15 is 0 Å². The highest BCUT2D eigenvalue weighted by Gasteiger charge is 2.26. The van der Waals surface area contributed by atoms with Crippen LogP contribution in [0.4, 0.5) is 9.18 Å². The van der Waals surface area contributed by atoms with Crippen LogP contribution in [0.5, 0.6) is 11.6 Å². The Morgan fingerprint density at radius 2 is 2.32 bits per heavy atom. The van der Waals surface area contributed by atoms with Crippen molar-refractivity contribution in [2.75, 3.05) is 26.2 Å². The van der Waals surface area contributed by atoms with E-state index in [9.17, 15) is 14.3 Å². The highest BCUT2D eigenvalue weighted by molar-refractivity contribution is 9.10. The molecule has 0 unspecified atom stereocenters. The molecule has 1 amide bonds. The van der Waals surface area contributed by atoms with Crippen molar-refractivity contribution in [1.82, 2.24) is 20.2 Å². The monoisotopic (exact) mass is 434 g/mol. The number of amides is 1. The van der Waals surface area contributed by atoms with E-state index in [4.69, 9.17) is 21.4 Å². The molecule has 0 aliphatic carbocycles. The second-order valence-corrected chi connectivity index (χ2v) is 6.55. The maximum absolute atomic E-state index is 14.6. The number of aromatic hydroxyl groups is 1. The second-order valence-electron chi connectivity index (χ2n) is 5.38. The number of benzene rings is 1. The largest absolute Gasteiger partial charge is 0.493 e. The number of hydrogen-bond acceptors (Lipinski definition) is 6. The molecule has 0 bridgehead atoms. The summed E-state index contributed by atoms with van der Waals surface area (Å²) in [6.45, 7) is 1.01. The van der Waals surface area contributed by atoms with E-state index in [2.05, 4.69) is 31.2 Å². The van der Waals surface area contributed by atoms with Gasteiger partial charge in [0.25, 0.3) is 0 Å². The molecule has 1 fully saturated rings. The molecule has 0 radical (unpaired) electrons. The quantitative estimate of drug-likeness (QED) is 0.635. The molecule has 1 aliphatic rings. The minimum Gasteiger partial charge on any atom is -0.493 e. The smallest absolute Gasteiger partial charge is 0.407 e. The lowest BCUT2D eigenvalue weighted by molar-refractivity contribution is 0.118. The van der Waals surface area contributed by atoms with Gasteiger partial charge < -0.3 is 25.2 Å². The Balaban J connectivity index is 1.90. The molecule has 25 heavy (non-hydrogen) atoms. The van der Waals surface area contributed by atoms with Gasteiger partial charge in [-0.05, 0) is 15.9 Å². The Morgan fingerprint density at radius 1 is 1.56 bits per heavy atom. The first-order valence-electron chi connectivity index (χ1n) is 7.24. The van der Waals surface area contributed by atoms with Crippen molar-refractivity contribution in [2.24, 2.45) is 0 Å². The fraction of sp³-hybridized carbons (Fsp3) is 0.357. The maximum atomic E-state index is 14.6. The summed E-state index contributed by atoms with van der Waals surface area (Å²) in [5.41, 5.74) is 0.140. The summed E-state index contributed by atoms with van der Waals surface area (Å²) in [4.78, 5) is 19.9. The van der Waals surface area contributed by atoms with E-state index in [0.717, 1.165) is 6.33 Å². The molecular weight excluding hydrogens is 423 g/mol. The van der Waals surface area contributed by atoms with Crippen LogP contribution in [-0.4, -0.2) is 63.5 Å². The van der Waals surface area contributed by atoms with E-state index in [1.807, 2.05) is 0 Å². The predicted molar refractivity (Wildman–Crippen MR) is 90.8 cm³/mol. The number of ether oxygens (including phenoxy) is 1. The molecule has 134 valence electrons. The first-order chi connectivity index (χ1) is 11.9. The average Bonchev–Trinajstić information content (AvgIpc) is 2.60. The van der Waals surface area contributed by atoms with Gasteiger partial charge in [-0.1, -0.05) is 11.6 Å². The molecule has 2 heterocycles. The van der Waals surface area contributed by atoms with Crippen molar-refractivity contribution in [1.29, 1.82) is 0 Å². The van der Waals surface area contributed by atoms with Crippen LogP contribution in [0.15, 0.2) is 10.8 Å². The molecule has 3 rings (SSSR count). The maximum Gasteiger partial charge on any atom is 0.407 e. The van der Waals surface area contributed by atoms with E-state index < -0.39 is 17.8 Å². The number of piperazine rings is 1. The summed E-state index contributed by atoms with van der Waals surface area (Å²) in [5, 5.41) is 22.1. The Morgan fingerprint density at radius 3 is 3.04 bits per heavy atom. The van der Waals surface area contributed by atoms with Gasteiger partial charge in [0.05, 0.1) is 15.5 Å². The van der Waals surface area contributed by atoms with Crippen LogP contribution >= 0.6 is 27.5 Å². The van der Waals surface area contributed by atoms with E-state index in [1.165, 1.54) is 4.90 Å². The fourth-order valence-corrected chi connectivity index (χ4v) is 3.19. The molecule has 1 aromatic carbocycles. The van der Waals surface area contributed by atoms with Gasteiger partial charge in [0.1, 0.15) is 23.8 Å². The average molecular weight is 436 g/mol. The molecule has 2 aromatic rings. The van der Waals surface area contributed by atoms with Crippen molar-refractivity contribution in [3.63, 3.8) is 0 Å². The molecule has 1 aliphatic heterocycles. The normalized spacial score (nSPS) is 17.7. The zero-order valence-corrected chi connectivity index (χ0v) is 15.0. The lowest BCUT2D eigenvalue weighted by atomic mass is 10.2. The summed E-state index contributed by atoms with van der Waals surface area (Å²) >= 11 is 9.09. The van der Waals surface area contributed by atoms with Gasteiger partial charge in [-0.15, -0.1) is 0 Å². The van der Waals surface area contributed by atoms with E-state index in [1.54, 1.807) is 0 Å². The number of carboxylic acid groups (broad SMARTS) is 1. The molecule has 8 nitrogen and oxygen atoms in total. The number of fused-ring (bicyclic) bond motifs is 1. The number of halogens is 3. The topological polar surface area (TPSA) is 108 Å². The lowest BCUT2D eigenvalue weighted by Crippen LogP contribution is -2.54. The van der Waals surface area contributed by atoms with Gasteiger partial charge in [-0.25, -0.2) is 19.2 Å². The summed E-state index contributed by atoms with van der Waals surface area (Å²) in [6, 6.07) is -0.333. The van der Waals surface area contributed by atoms with Crippen LogP contribution < -0.4 is 10.1 Å². The van der Waals surface area contributed by atoms with Gasteiger partial charge >= 0.3 is 6.09 Å². The van der Waals surface area contributed by atoms with Gasteiger partial charge in [0.15, 0.2) is 11.6 Å². The van der Waals surface area contributed by atoms with Gasteiger partial charge in [-0.2, -0.15) is 0 Å². The molecule has 3 N–H and O–H groups in total. The summed E-state index contributed by atoms with van der Waals surface area (Å²) in [6.07, 6.45) is 0.0777. The number of nitrogens with zero attached hydrogens (tertiary/aromatic N) is 3. The molecule has 0 saturated carbocycles. The molecule has 1 aromatic heterocycles. The first kappa shape index (κ1) is 17.9. The Bertz CT molecular complexity index is 840. The Labute approximate surface area is 154 Å². The Hall–Kier alpha value is -1.91. The number of carbonyl (C=O) groups is 1. The summed E-state index contributed by atoms with van der Waals surface area (Å²) in [5.74, 6) is -1.51. The minimum atomic E-state index is -1.02. The van der Waals surface area contributed by atoms with Crippen LogP contribution in [-0.2, 0) is 0 Å². The Kier molecular flexibility index (Phi) is 5.11. The third-order valence-electron chi connectivity index (χ3n) is 3.80. The highest BCUT2D eigenvalue weighted by atomic mass is 79.9. The van der Waals surface area contributed by atoms with Crippen LogP contribution in [0.3, 0.4) is 0 Å². The van der Waals surface area contributed by atoms with E-state index in [-0.39, 0.29) is 45.3 Å². The molecule has 11 heteroatoms. The number of hydrogen-bond donors (Lipinski definition) is 3. The zero-order chi connectivity index (χ0) is 18.1. The number of nitrogens with one attached hydrogen (secondary N) is 1. The lowest BCUT2D eigenvalue weighted by Gasteiger charge is -2.31. The van der Waals surface area contributed by atoms with Crippen molar-refractivity contribution < 1.29 is 24.1 Å². The molecule has 1 atom stereocenters. The first-order valence-corrected chi connectivity index (χ1v) is 8.41. The highest BCUT2D eigenvalue weighted by Crippen LogP contribution is 2.42. The van der Waals surface area contributed by atoms with Crippen LogP contribution in [0, 0.1) is 5.82 Å². The zero-order valence-electron chi connectivity index (χ0n) is 12.7. The molecular formula is C14H13BrClFN4O4. The molecule has 1 saturated heterocycles. The van der Waals surface area contributed by atoms with Gasteiger partial charge in [0, 0.05) is 19.6 Å². The third-order valence-corrected chi connectivity index (χ3v) is 5.14. The number of rotatable bonds is 3. The standard InChI is InChI=1S/C14H13BrClFN4O4/c15-8-9(16)11-7(13(22)20-5-19-11)12(10(8)17)25-4-6-3-21(14(23)24)2-1-18-6/h5-6,18H,1-4H2,(H,23,24)(H,19,20,22)/t6-/m0/s1. The van der Waals surface area contributed by atoms with Crippen LogP contribution in [0.2, 0.25) is 5.02 Å². The van der Waals surface area contributed by atoms with E-state index in [0.29, 0.717) is 13.1 Å². The van der Waals surface area contributed by atoms with Crippen molar-refractivity contribution >= 4 is 44.5 Å². The van der Waals surface area contributed by atoms with Crippen LogP contribution in [0.1, 0.15) is 0 Å².